The van der Waals surface area contributed by atoms with E-state index in [1.807, 2.05) is 0 Å². The number of methoxy groups -OCH3 is 1. The molecule has 2 fully saturated rings. The highest BCUT2D eigenvalue weighted by Gasteiger charge is 2.34. The minimum Gasteiger partial charge on any atom is -0.495 e. The summed E-state index contributed by atoms with van der Waals surface area (Å²) in [6, 6.07) is 4.60. The predicted molar refractivity (Wildman–Crippen MR) is 103 cm³/mol. The molecule has 3 rings (SSSR count). The number of benzene rings is 1. The van der Waals surface area contributed by atoms with Crippen LogP contribution < -0.4 is 15.4 Å². The molecule has 0 aromatic heterocycles. The third-order valence-corrected chi connectivity index (χ3v) is 7.15. The zero-order valence-electron chi connectivity index (χ0n) is 16.2. The van der Waals surface area contributed by atoms with Crippen LogP contribution in [-0.2, 0) is 10.0 Å². The molecular formula is C19H29N3O4S. The van der Waals surface area contributed by atoms with Crippen molar-refractivity contribution in [2.24, 2.45) is 17.8 Å². The summed E-state index contributed by atoms with van der Waals surface area (Å²) in [7, 11) is -2.29. The number of amides is 1. The number of carbonyl (C=O) groups excluding carboxylic acids is 1. The molecular weight excluding hydrogens is 366 g/mol. The SMILES string of the molecule is COc1ccc(C(=O)NCC2CNC2)cc1S(=O)(=O)N1CC(C)CC(C)C1. The molecule has 0 spiro atoms. The largest absolute Gasteiger partial charge is 0.495 e. The summed E-state index contributed by atoms with van der Waals surface area (Å²) in [5.74, 6) is 1.04. The first-order valence-electron chi connectivity index (χ1n) is 9.48. The van der Waals surface area contributed by atoms with E-state index in [0.717, 1.165) is 19.5 Å². The van der Waals surface area contributed by atoms with Gasteiger partial charge in [0.25, 0.3) is 5.91 Å². The normalized spacial score (nSPS) is 24.3. The molecule has 0 radical (unpaired) electrons. The number of rotatable bonds is 6. The summed E-state index contributed by atoms with van der Waals surface area (Å²) >= 11 is 0. The van der Waals surface area contributed by atoms with Crippen molar-refractivity contribution in [3.8, 4) is 5.75 Å². The number of carbonyl (C=O) groups is 1. The van der Waals surface area contributed by atoms with Crippen LogP contribution in [0.25, 0.3) is 0 Å². The van der Waals surface area contributed by atoms with E-state index in [9.17, 15) is 13.2 Å². The maximum Gasteiger partial charge on any atom is 0.251 e. The molecule has 7 nitrogen and oxygen atoms in total. The van der Waals surface area contributed by atoms with E-state index in [1.165, 1.54) is 17.5 Å². The van der Waals surface area contributed by atoms with E-state index >= 15 is 0 Å². The van der Waals surface area contributed by atoms with Crippen molar-refractivity contribution in [3.05, 3.63) is 23.8 Å². The molecule has 2 heterocycles. The molecule has 0 saturated carbocycles. The third-order valence-electron chi connectivity index (χ3n) is 5.30. The van der Waals surface area contributed by atoms with Crippen molar-refractivity contribution in [2.75, 3.05) is 39.8 Å². The van der Waals surface area contributed by atoms with Crippen LogP contribution in [0.2, 0.25) is 0 Å². The first kappa shape index (κ1) is 20.1. The minimum atomic E-state index is -3.73. The van der Waals surface area contributed by atoms with E-state index in [0.29, 0.717) is 43.0 Å². The van der Waals surface area contributed by atoms with Gasteiger partial charge < -0.3 is 15.4 Å². The molecule has 2 saturated heterocycles. The maximum absolute atomic E-state index is 13.3. The Balaban J connectivity index is 1.84. The predicted octanol–water partition coefficient (Wildman–Crippen LogP) is 1.31. The maximum atomic E-state index is 13.3. The summed E-state index contributed by atoms with van der Waals surface area (Å²) in [5.41, 5.74) is 0.333. The third kappa shape index (κ3) is 4.44. The van der Waals surface area contributed by atoms with Crippen LogP contribution in [0.3, 0.4) is 0 Å². The molecule has 1 amide bonds. The summed E-state index contributed by atoms with van der Waals surface area (Å²) in [6.07, 6.45) is 1.02. The Morgan fingerprint density at radius 1 is 1.26 bits per heavy atom. The van der Waals surface area contributed by atoms with Crippen LogP contribution in [0.4, 0.5) is 0 Å². The van der Waals surface area contributed by atoms with Gasteiger partial charge in [-0.2, -0.15) is 4.31 Å². The van der Waals surface area contributed by atoms with Gasteiger partial charge in [0.1, 0.15) is 10.6 Å². The van der Waals surface area contributed by atoms with E-state index in [-0.39, 0.29) is 16.6 Å². The van der Waals surface area contributed by atoms with E-state index in [1.54, 1.807) is 12.1 Å². The second kappa shape index (κ2) is 8.16. The Kier molecular flexibility index (Phi) is 6.08. The van der Waals surface area contributed by atoms with Gasteiger partial charge in [-0.25, -0.2) is 8.42 Å². The van der Waals surface area contributed by atoms with Crippen LogP contribution in [0.15, 0.2) is 23.1 Å². The number of hydrogen-bond acceptors (Lipinski definition) is 5. The summed E-state index contributed by atoms with van der Waals surface area (Å²) in [6.45, 7) is 7.48. The average molecular weight is 396 g/mol. The number of ether oxygens (including phenoxy) is 1. The van der Waals surface area contributed by atoms with E-state index in [4.69, 9.17) is 4.74 Å². The molecule has 1 aromatic rings. The second-order valence-corrected chi connectivity index (χ2v) is 9.77. The number of nitrogens with zero attached hydrogens (tertiary/aromatic N) is 1. The van der Waals surface area contributed by atoms with Crippen LogP contribution in [-0.4, -0.2) is 58.5 Å². The first-order chi connectivity index (χ1) is 12.8. The van der Waals surface area contributed by atoms with E-state index < -0.39 is 10.0 Å². The highest BCUT2D eigenvalue weighted by atomic mass is 32.2. The zero-order valence-corrected chi connectivity index (χ0v) is 17.0. The lowest BCUT2D eigenvalue weighted by molar-refractivity contribution is 0.0942. The lowest BCUT2D eigenvalue weighted by atomic mass is 9.94. The highest BCUT2D eigenvalue weighted by Crippen LogP contribution is 2.32. The van der Waals surface area contributed by atoms with Gasteiger partial charge in [0.15, 0.2) is 0 Å². The fourth-order valence-corrected chi connectivity index (χ4v) is 5.65. The first-order valence-corrected chi connectivity index (χ1v) is 10.9. The quantitative estimate of drug-likeness (QED) is 0.758. The summed E-state index contributed by atoms with van der Waals surface area (Å²) < 4.78 is 33.3. The van der Waals surface area contributed by atoms with Gasteiger partial charge >= 0.3 is 0 Å². The fraction of sp³-hybridized carbons (Fsp3) is 0.632. The lowest BCUT2D eigenvalue weighted by Crippen LogP contribution is -2.48. The van der Waals surface area contributed by atoms with E-state index in [2.05, 4.69) is 24.5 Å². The van der Waals surface area contributed by atoms with Crippen LogP contribution in [0.1, 0.15) is 30.6 Å². The minimum absolute atomic E-state index is 0.0595. The molecule has 1 aromatic carbocycles. The fourth-order valence-electron chi connectivity index (χ4n) is 3.79. The Bertz CT molecular complexity index is 782. The molecule has 27 heavy (non-hydrogen) atoms. The average Bonchev–Trinajstić information content (AvgIpc) is 2.58. The second-order valence-electron chi connectivity index (χ2n) is 7.87. The topological polar surface area (TPSA) is 87.7 Å². The number of sulfonamides is 1. The summed E-state index contributed by atoms with van der Waals surface area (Å²) in [4.78, 5) is 12.5. The molecule has 150 valence electrons. The van der Waals surface area contributed by atoms with Crippen molar-refractivity contribution in [1.29, 1.82) is 0 Å². The highest BCUT2D eigenvalue weighted by molar-refractivity contribution is 7.89. The van der Waals surface area contributed by atoms with Gasteiger partial charge in [0, 0.05) is 44.2 Å². The monoisotopic (exact) mass is 395 g/mol. The van der Waals surface area contributed by atoms with Crippen molar-refractivity contribution < 1.29 is 17.9 Å². The van der Waals surface area contributed by atoms with Gasteiger partial charge in [0.05, 0.1) is 7.11 Å². The van der Waals surface area contributed by atoms with Crippen molar-refractivity contribution >= 4 is 15.9 Å². The Morgan fingerprint density at radius 2 is 1.93 bits per heavy atom. The molecule has 2 atom stereocenters. The number of piperidine rings is 1. The van der Waals surface area contributed by atoms with Gasteiger partial charge in [-0.15, -0.1) is 0 Å². The Labute approximate surface area is 161 Å². The molecule has 0 bridgehead atoms. The molecule has 2 aliphatic heterocycles. The molecule has 2 N–H and O–H groups in total. The van der Waals surface area contributed by atoms with Gasteiger partial charge in [-0.3, -0.25) is 4.79 Å². The Morgan fingerprint density at radius 3 is 2.48 bits per heavy atom. The van der Waals surface area contributed by atoms with Gasteiger partial charge in [-0.1, -0.05) is 13.8 Å². The van der Waals surface area contributed by atoms with Gasteiger partial charge in [-0.05, 0) is 36.5 Å². The van der Waals surface area contributed by atoms with Crippen molar-refractivity contribution in [3.63, 3.8) is 0 Å². The molecule has 2 unspecified atom stereocenters. The molecule has 0 aliphatic carbocycles. The smallest absolute Gasteiger partial charge is 0.251 e. The van der Waals surface area contributed by atoms with Crippen molar-refractivity contribution in [1.82, 2.24) is 14.9 Å². The summed E-state index contributed by atoms with van der Waals surface area (Å²) in [5, 5.41) is 6.04. The standard InChI is InChI=1S/C19H29N3O4S/c1-13-6-14(2)12-22(11-13)27(24,25)18-7-16(4-5-17(18)26-3)19(23)21-10-15-8-20-9-15/h4-5,7,13-15,20H,6,8-12H2,1-3H3,(H,21,23). The molecule has 8 heteroatoms. The van der Waals surface area contributed by atoms with Crippen LogP contribution in [0.5, 0.6) is 5.75 Å². The Hall–Kier alpha value is -1.64. The van der Waals surface area contributed by atoms with Crippen LogP contribution in [0, 0.1) is 17.8 Å². The van der Waals surface area contributed by atoms with Crippen molar-refractivity contribution in [2.45, 2.75) is 25.2 Å². The number of hydrogen-bond donors (Lipinski definition) is 2. The van der Waals surface area contributed by atoms with Gasteiger partial charge in [0.2, 0.25) is 10.0 Å². The number of nitrogens with one attached hydrogen (secondary N) is 2. The molecule has 2 aliphatic rings. The van der Waals surface area contributed by atoms with Crippen LogP contribution >= 0.6 is 0 Å². The lowest BCUT2D eigenvalue weighted by Gasteiger charge is -2.34. The zero-order chi connectivity index (χ0) is 19.6.